The molecule has 2 N–H and O–H groups in total. The lowest BCUT2D eigenvalue weighted by Gasteiger charge is -2.15. The van der Waals surface area contributed by atoms with Crippen molar-refractivity contribution in [1.29, 1.82) is 0 Å². The molecule has 0 fully saturated rings. The first-order valence-corrected chi connectivity index (χ1v) is 8.09. The van der Waals surface area contributed by atoms with Crippen molar-refractivity contribution < 1.29 is 9.53 Å². The van der Waals surface area contributed by atoms with Crippen LogP contribution in [0.15, 0.2) is 22.5 Å². The summed E-state index contributed by atoms with van der Waals surface area (Å²) in [5, 5.41) is 8.44. The number of hydrogen-bond acceptors (Lipinski definition) is 4. The number of guanidine groups is 1. The second-order valence-electron chi connectivity index (χ2n) is 4.94. The van der Waals surface area contributed by atoms with Crippen molar-refractivity contribution in [2.75, 3.05) is 26.7 Å². The third-order valence-corrected chi connectivity index (χ3v) is 4.18. The van der Waals surface area contributed by atoms with Crippen molar-refractivity contribution in [1.82, 2.24) is 10.6 Å². The quantitative estimate of drug-likeness (QED) is 0.460. The fourth-order valence-corrected chi connectivity index (χ4v) is 2.54. The molecule has 1 aromatic heterocycles. The molecule has 0 aliphatic carbocycles. The maximum atomic E-state index is 11.4. The van der Waals surface area contributed by atoms with Gasteiger partial charge in [0.05, 0.1) is 19.6 Å². The number of nitrogens with zero attached hydrogens (tertiary/aromatic N) is 1. The van der Waals surface area contributed by atoms with Crippen LogP contribution in [0.4, 0.5) is 0 Å². The van der Waals surface area contributed by atoms with Crippen LogP contribution in [0.25, 0.3) is 0 Å². The Morgan fingerprint density at radius 1 is 1.43 bits per heavy atom. The highest BCUT2D eigenvalue weighted by atomic mass is 32.1. The summed E-state index contributed by atoms with van der Waals surface area (Å²) in [7, 11) is 1.40. The second-order valence-corrected chi connectivity index (χ2v) is 5.92. The Bertz CT molecular complexity index is 446. The summed E-state index contributed by atoms with van der Waals surface area (Å²) in [6, 6.07) is 4.19. The predicted octanol–water partition coefficient (Wildman–Crippen LogP) is 2.22. The number of thiophene rings is 1. The molecule has 0 aliphatic heterocycles. The molecule has 0 radical (unpaired) electrons. The highest BCUT2D eigenvalue weighted by Gasteiger charge is 2.13. The van der Waals surface area contributed by atoms with Gasteiger partial charge in [-0.3, -0.25) is 9.79 Å². The van der Waals surface area contributed by atoms with Gasteiger partial charge in [-0.05, 0) is 18.4 Å². The van der Waals surface area contributed by atoms with Crippen LogP contribution < -0.4 is 10.6 Å². The average Bonchev–Trinajstić information content (AvgIpc) is 3.02. The maximum absolute atomic E-state index is 11.4. The van der Waals surface area contributed by atoms with Gasteiger partial charge in [-0.25, -0.2) is 0 Å². The summed E-state index contributed by atoms with van der Waals surface area (Å²) in [6.45, 7) is 8.01. The number of ether oxygens (including phenoxy) is 1. The van der Waals surface area contributed by atoms with Crippen molar-refractivity contribution >= 4 is 23.3 Å². The van der Waals surface area contributed by atoms with E-state index < -0.39 is 0 Å². The maximum Gasteiger partial charge on any atom is 0.310 e. The third-order valence-electron chi connectivity index (χ3n) is 3.08. The molecule has 118 valence electrons. The molecule has 0 spiro atoms. The molecule has 21 heavy (non-hydrogen) atoms. The van der Waals surface area contributed by atoms with Crippen molar-refractivity contribution in [3.63, 3.8) is 0 Å². The van der Waals surface area contributed by atoms with Crippen molar-refractivity contribution in [3.8, 4) is 0 Å². The molecule has 5 nitrogen and oxygen atoms in total. The zero-order chi connectivity index (χ0) is 15.7. The molecular weight excluding hydrogens is 286 g/mol. The summed E-state index contributed by atoms with van der Waals surface area (Å²) < 4.78 is 4.71. The van der Waals surface area contributed by atoms with Gasteiger partial charge in [0.2, 0.25) is 0 Å². The molecule has 1 rings (SSSR count). The van der Waals surface area contributed by atoms with Gasteiger partial charge >= 0.3 is 5.97 Å². The highest BCUT2D eigenvalue weighted by molar-refractivity contribution is 7.10. The van der Waals surface area contributed by atoms with E-state index in [2.05, 4.69) is 40.1 Å². The average molecular weight is 311 g/mol. The summed E-state index contributed by atoms with van der Waals surface area (Å²) in [5.74, 6) is 0.703. The van der Waals surface area contributed by atoms with Gasteiger partial charge in [-0.1, -0.05) is 19.9 Å². The van der Waals surface area contributed by atoms with Gasteiger partial charge in [0.1, 0.15) is 0 Å². The molecule has 2 atom stereocenters. The lowest BCUT2D eigenvalue weighted by molar-refractivity contribution is -0.144. The van der Waals surface area contributed by atoms with Crippen LogP contribution >= 0.6 is 11.3 Å². The highest BCUT2D eigenvalue weighted by Crippen LogP contribution is 2.20. The summed E-state index contributed by atoms with van der Waals surface area (Å²) in [4.78, 5) is 17.3. The van der Waals surface area contributed by atoms with Crippen LogP contribution in [0.1, 0.15) is 31.6 Å². The largest absolute Gasteiger partial charge is 0.469 e. The van der Waals surface area contributed by atoms with E-state index in [1.54, 1.807) is 11.3 Å². The minimum absolute atomic E-state index is 0.200. The SMILES string of the molecule is CCNC(=NCC(C)c1cccs1)NCC(C)C(=O)OC. The molecule has 2 unspecified atom stereocenters. The van der Waals surface area contributed by atoms with E-state index in [4.69, 9.17) is 4.74 Å². The Labute approximate surface area is 130 Å². The van der Waals surface area contributed by atoms with Crippen LogP contribution in [0, 0.1) is 5.92 Å². The first-order chi connectivity index (χ1) is 10.1. The number of rotatable bonds is 7. The smallest absolute Gasteiger partial charge is 0.310 e. The number of aliphatic imine (C=N–C) groups is 1. The topological polar surface area (TPSA) is 62.7 Å². The molecule has 0 saturated heterocycles. The number of carbonyl (C=O) groups is 1. The van der Waals surface area contributed by atoms with Gasteiger partial charge < -0.3 is 15.4 Å². The predicted molar refractivity (Wildman–Crippen MR) is 87.9 cm³/mol. The number of esters is 1. The molecule has 1 aromatic rings. The lowest BCUT2D eigenvalue weighted by Crippen LogP contribution is -2.41. The van der Waals surface area contributed by atoms with Crippen molar-refractivity contribution in [3.05, 3.63) is 22.4 Å². The van der Waals surface area contributed by atoms with Gasteiger partial charge in [0.25, 0.3) is 0 Å². The fourth-order valence-electron chi connectivity index (χ4n) is 1.77. The first-order valence-electron chi connectivity index (χ1n) is 7.21. The van der Waals surface area contributed by atoms with E-state index in [-0.39, 0.29) is 11.9 Å². The van der Waals surface area contributed by atoms with E-state index in [1.807, 2.05) is 13.8 Å². The Morgan fingerprint density at radius 2 is 2.19 bits per heavy atom. The number of hydrogen-bond donors (Lipinski definition) is 2. The molecule has 0 aliphatic rings. The molecule has 0 amide bonds. The molecule has 0 saturated carbocycles. The Hall–Kier alpha value is -1.56. The molecule has 1 heterocycles. The van der Waals surface area contributed by atoms with Crippen molar-refractivity contribution in [2.24, 2.45) is 10.9 Å². The normalized spacial score (nSPS) is 14.4. The van der Waals surface area contributed by atoms with Crippen LogP contribution in [-0.4, -0.2) is 38.7 Å². The summed E-state index contributed by atoms with van der Waals surface area (Å²) in [5.41, 5.74) is 0. The fraction of sp³-hybridized carbons (Fsp3) is 0.600. The Kier molecular flexibility index (Phi) is 7.82. The van der Waals surface area contributed by atoms with Crippen molar-refractivity contribution in [2.45, 2.75) is 26.7 Å². The van der Waals surface area contributed by atoms with E-state index in [1.165, 1.54) is 12.0 Å². The van der Waals surface area contributed by atoms with Gasteiger partial charge in [0, 0.05) is 23.9 Å². The van der Waals surface area contributed by atoms with Crippen LogP contribution in [0.3, 0.4) is 0 Å². The minimum atomic E-state index is -0.217. The summed E-state index contributed by atoms with van der Waals surface area (Å²) in [6.07, 6.45) is 0. The third kappa shape index (κ3) is 6.16. The van der Waals surface area contributed by atoms with Gasteiger partial charge in [-0.15, -0.1) is 11.3 Å². The Balaban J connectivity index is 2.51. The molecule has 0 aromatic carbocycles. The van der Waals surface area contributed by atoms with E-state index >= 15 is 0 Å². The number of methoxy groups -OCH3 is 1. The molecular formula is C15H25N3O2S. The van der Waals surface area contributed by atoms with Gasteiger partial charge in [0.15, 0.2) is 5.96 Å². The second kappa shape index (κ2) is 9.39. The molecule has 0 bridgehead atoms. The number of nitrogens with one attached hydrogen (secondary N) is 2. The number of carbonyl (C=O) groups excluding carboxylic acids is 1. The Morgan fingerprint density at radius 3 is 2.76 bits per heavy atom. The summed E-state index contributed by atoms with van der Waals surface area (Å²) >= 11 is 1.75. The monoisotopic (exact) mass is 311 g/mol. The standard InChI is InChI=1S/C15H25N3O2S/c1-5-16-15(18-10-12(3)14(19)20-4)17-9-11(2)13-7-6-8-21-13/h6-8,11-12H,5,9-10H2,1-4H3,(H2,16,17,18). The lowest BCUT2D eigenvalue weighted by atomic mass is 10.1. The zero-order valence-electron chi connectivity index (χ0n) is 13.2. The minimum Gasteiger partial charge on any atom is -0.469 e. The molecule has 6 heteroatoms. The van der Waals surface area contributed by atoms with Crippen LogP contribution in [-0.2, 0) is 9.53 Å². The van der Waals surface area contributed by atoms with E-state index in [0.717, 1.165) is 12.5 Å². The van der Waals surface area contributed by atoms with Crippen LogP contribution in [0.2, 0.25) is 0 Å². The van der Waals surface area contributed by atoms with E-state index in [9.17, 15) is 4.79 Å². The van der Waals surface area contributed by atoms with Crippen LogP contribution in [0.5, 0.6) is 0 Å². The van der Waals surface area contributed by atoms with Gasteiger partial charge in [-0.2, -0.15) is 0 Å². The zero-order valence-corrected chi connectivity index (χ0v) is 14.0. The van der Waals surface area contributed by atoms with E-state index in [0.29, 0.717) is 19.0 Å². The first kappa shape index (κ1) is 17.5.